The number of amides is 1. The molecule has 0 aromatic rings. The Hall–Kier alpha value is -0.650. The molecule has 0 aromatic heterocycles. The summed E-state index contributed by atoms with van der Waals surface area (Å²) in [5.41, 5.74) is 0. The molecule has 5 nitrogen and oxygen atoms in total. The molecule has 0 saturated carbocycles. The van der Waals surface area contributed by atoms with Crippen molar-refractivity contribution in [3.05, 3.63) is 0 Å². The molecule has 2 saturated heterocycles. The maximum atomic E-state index is 12.5. The Bertz CT molecular complexity index is 308. The van der Waals surface area contributed by atoms with E-state index in [1.54, 1.807) is 0 Å². The summed E-state index contributed by atoms with van der Waals surface area (Å²) in [5.74, 6) is 0.249. The lowest BCUT2D eigenvalue weighted by molar-refractivity contribution is -0.144. The third-order valence-corrected chi connectivity index (χ3v) is 4.30. The van der Waals surface area contributed by atoms with Crippen LogP contribution in [0.2, 0.25) is 0 Å². The van der Waals surface area contributed by atoms with Crippen molar-refractivity contribution in [2.75, 3.05) is 39.3 Å². The lowest BCUT2D eigenvalue weighted by Crippen LogP contribution is -2.54. The van der Waals surface area contributed by atoms with Crippen molar-refractivity contribution in [2.45, 2.75) is 51.9 Å². The molecule has 5 heteroatoms. The number of likely N-dealkylation sites (N-methyl/N-ethyl adjacent to an activating group) is 1. The number of nitrogens with one attached hydrogen (secondary N) is 1. The average molecular weight is 283 g/mol. The van der Waals surface area contributed by atoms with Crippen LogP contribution in [0.1, 0.15) is 33.6 Å². The molecule has 2 aliphatic rings. The molecule has 3 atom stereocenters. The van der Waals surface area contributed by atoms with E-state index in [0.717, 1.165) is 32.7 Å². The molecule has 2 fully saturated rings. The number of piperidine rings is 1. The van der Waals surface area contributed by atoms with Gasteiger partial charge in [0, 0.05) is 25.7 Å². The van der Waals surface area contributed by atoms with Crippen LogP contribution in [0, 0.1) is 0 Å². The Morgan fingerprint density at radius 1 is 1.35 bits per heavy atom. The number of carbonyl (C=O) groups excluding carboxylic acids is 1. The Morgan fingerprint density at radius 3 is 2.60 bits per heavy atom. The highest BCUT2D eigenvalue weighted by Gasteiger charge is 2.28. The molecular weight excluding hydrogens is 254 g/mol. The first-order chi connectivity index (χ1) is 9.60. The van der Waals surface area contributed by atoms with Gasteiger partial charge in [-0.2, -0.15) is 0 Å². The molecule has 2 heterocycles. The summed E-state index contributed by atoms with van der Waals surface area (Å²) < 4.78 is 5.70. The molecule has 2 aliphatic heterocycles. The highest BCUT2D eigenvalue weighted by molar-refractivity contribution is 5.78. The first-order valence-electron chi connectivity index (χ1n) is 7.98. The summed E-state index contributed by atoms with van der Waals surface area (Å²) in [6, 6.07) is 0.508. The van der Waals surface area contributed by atoms with Crippen LogP contribution in [0.3, 0.4) is 0 Å². The van der Waals surface area contributed by atoms with Gasteiger partial charge in [-0.1, -0.05) is 6.92 Å². The average Bonchev–Trinajstić information content (AvgIpc) is 2.44. The number of hydrogen-bond acceptors (Lipinski definition) is 4. The van der Waals surface area contributed by atoms with Crippen molar-refractivity contribution in [3.8, 4) is 0 Å². The third kappa shape index (κ3) is 4.17. The molecular formula is C15H29N3O2. The molecule has 1 N–H and O–H groups in total. The molecule has 0 spiro atoms. The minimum absolute atomic E-state index is 0.147. The van der Waals surface area contributed by atoms with Gasteiger partial charge in [0.05, 0.1) is 18.8 Å². The molecule has 20 heavy (non-hydrogen) atoms. The molecule has 116 valence electrons. The predicted octanol–water partition coefficient (Wildman–Crippen LogP) is 0.696. The van der Waals surface area contributed by atoms with Gasteiger partial charge in [0.15, 0.2) is 0 Å². The molecule has 3 unspecified atom stereocenters. The summed E-state index contributed by atoms with van der Waals surface area (Å²) in [5, 5.41) is 3.43. The Labute approximate surface area is 122 Å². The Balaban J connectivity index is 1.87. The van der Waals surface area contributed by atoms with E-state index in [1.807, 2.05) is 18.7 Å². The standard InChI is InChI=1S/C15H29N3O2/c1-4-17(14-6-5-7-16-8-14)11-15(19)18-9-12(2)20-13(3)10-18/h12-14,16H,4-11H2,1-3H3. The maximum Gasteiger partial charge on any atom is 0.236 e. The minimum Gasteiger partial charge on any atom is -0.372 e. The lowest BCUT2D eigenvalue weighted by atomic mass is 10.1. The van der Waals surface area contributed by atoms with E-state index in [0.29, 0.717) is 12.6 Å². The van der Waals surface area contributed by atoms with Gasteiger partial charge >= 0.3 is 0 Å². The van der Waals surface area contributed by atoms with E-state index < -0.39 is 0 Å². The second-order valence-corrected chi connectivity index (χ2v) is 6.12. The summed E-state index contributed by atoms with van der Waals surface area (Å²) >= 11 is 0. The third-order valence-electron chi connectivity index (χ3n) is 4.30. The second kappa shape index (κ2) is 7.38. The van der Waals surface area contributed by atoms with E-state index in [1.165, 1.54) is 12.8 Å². The van der Waals surface area contributed by atoms with Gasteiger partial charge < -0.3 is 15.0 Å². The van der Waals surface area contributed by atoms with Crippen LogP contribution in [0.4, 0.5) is 0 Å². The monoisotopic (exact) mass is 283 g/mol. The number of carbonyl (C=O) groups is 1. The van der Waals surface area contributed by atoms with Crippen molar-refractivity contribution >= 4 is 5.91 Å². The fraction of sp³-hybridized carbons (Fsp3) is 0.933. The topological polar surface area (TPSA) is 44.8 Å². The number of nitrogens with zero attached hydrogens (tertiary/aromatic N) is 2. The summed E-state index contributed by atoms with van der Waals surface area (Å²) in [7, 11) is 0. The molecule has 0 radical (unpaired) electrons. The highest BCUT2D eigenvalue weighted by Crippen LogP contribution is 2.14. The van der Waals surface area contributed by atoms with E-state index in [-0.39, 0.29) is 18.1 Å². The van der Waals surface area contributed by atoms with E-state index in [2.05, 4.69) is 17.1 Å². The predicted molar refractivity (Wildman–Crippen MR) is 79.7 cm³/mol. The van der Waals surface area contributed by atoms with E-state index >= 15 is 0 Å². The van der Waals surface area contributed by atoms with Gasteiger partial charge in [-0.15, -0.1) is 0 Å². The molecule has 0 bridgehead atoms. The van der Waals surface area contributed by atoms with Gasteiger partial charge in [0.25, 0.3) is 0 Å². The van der Waals surface area contributed by atoms with Crippen molar-refractivity contribution in [1.82, 2.24) is 15.1 Å². The van der Waals surface area contributed by atoms with Crippen LogP contribution in [0.5, 0.6) is 0 Å². The zero-order valence-corrected chi connectivity index (χ0v) is 13.1. The van der Waals surface area contributed by atoms with Gasteiger partial charge in [0.2, 0.25) is 5.91 Å². The van der Waals surface area contributed by atoms with Gasteiger partial charge in [0.1, 0.15) is 0 Å². The number of rotatable bonds is 4. The van der Waals surface area contributed by atoms with Crippen molar-refractivity contribution in [2.24, 2.45) is 0 Å². The van der Waals surface area contributed by atoms with Crippen LogP contribution in [-0.4, -0.2) is 73.2 Å². The van der Waals surface area contributed by atoms with Crippen molar-refractivity contribution < 1.29 is 9.53 Å². The fourth-order valence-corrected chi connectivity index (χ4v) is 3.30. The zero-order valence-electron chi connectivity index (χ0n) is 13.1. The Kier molecular flexibility index (Phi) is 5.81. The van der Waals surface area contributed by atoms with Gasteiger partial charge in [-0.25, -0.2) is 0 Å². The quantitative estimate of drug-likeness (QED) is 0.825. The molecule has 0 aliphatic carbocycles. The smallest absolute Gasteiger partial charge is 0.236 e. The largest absolute Gasteiger partial charge is 0.372 e. The van der Waals surface area contributed by atoms with Crippen LogP contribution < -0.4 is 5.32 Å². The zero-order chi connectivity index (χ0) is 14.5. The van der Waals surface area contributed by atoms with Crippen LogP contribution in [0.15, 0.2) is 0 Å². The first kappa shape index (κ1) is 15.7. The Morgan fingerprint density at radius 2 is 2.05 bits per heavy atom. The number of hydrogen-bond donors (Lipinski definition) is 1. The minimum atomic E-state index is 0.147. The van der Waals surface area contributed by atoms with Crippen LogP contribution in [-0.2, 0) is 9.53 Å². The molecule has 0 aromatic carbocycles. The van der Waals surface area contributed by atoms with Crippen LogP contribution >= 0.6 is 0 Å². The lowest BCUT2D eigenvalue weighted by Gasteiger charge is -2.38. The first-order valence-corrected chi connectivity index (χ1v) is 7.98. The highest BCUT2D eigenvalue weighted by atomic mass is 16.5. The van der Waals surface area contributed by atoms with Crippen molar-refractivity contribution in [1.29, 1.82) is 0 Å². The maximum absolute atomic E-state index is 12.5. The van der Waals surface area contributed by atoms with E-state index in [4.69, 9.17) is 4.74 Å². The summed E-state index contributed by atoms with van der Waals surface area (Å²) in [6.07, 6.45) is 2.70. The number of morpholine rings is 1. The second-order valence-electron chi connectivity index (χ2n) is 6.12. The van der Waals surface area contributed by atoms with E-state index in [9.17, 15) is 4.79 Å². The van der Waals surface area contributed by atoms with Gasteiger partial charge in [-0.3, -0.25) is 9.69 Å². The number of ether oxygens (including phenoxy) is 1. The normalized spacial score (nSPS) is 31.6. The van der Waals surface area contributed by atoms with Gasteiger partial charge in [-0.05, 0) is 39.8 Å². The summed E-state index contributed by atoms with van der Waals surface area (Å²) in [4.78, 5) is 16.8. The summed E-state index contributed by atoms with van der Waals surface area (Å²) in [6.45, 7) is 11.3. The van der Waals surface area contributed by atoms with Crippen LogP contribution in [0.25, 0.3) is 0 Å². The molecule has 1 amide bonds. The van der Waals surface area contributed by atoms with Crippen molar-refractivity contribution in [3.63, 3.8) is 0 Å². The fourth-order valence-electron chi connectivity index (χ4n) is 3.30. The molecule has 2 rings (SSSR count). The SMILES string of the molecule is CCN(CC(=O)N1CC(C)OC(C)C1)C1CCCNC1.